The number of aliphatic hydroxyl groups is 1. The first-order chi connectivity index (χ1) is 23.9. The molecule has 0 amide bonds. The Labute approximate surface area is 290 Å². The summed E-state index contributed by atoms with van der Waals surface area (Å²) in [6.45, 7) is 9.27. The summed E-state index contributed by atoms with van der Waals surface area (Å²) in [7, 11) is 1.30. The number of halogens is 5. The van der Waals surface area contributed by atoms with Crippen LogP contribution in [0.3, 0.4) is 0 Å². The maximum atomic E-state index is 14.1. The fourth-order valence-corrected chi connectivity index (χ4v) is 7.82. The highest BCUT2D eigenvalue weighted by Crippen LogP contribution is 2.45. The molecule has 0 fully saturated rings. The average molecular weight is 715 g/mol. The van der Waals surface area contributed by atoms with Crippen molar-refractivity contribution in [3.05, 3.63) is 68.8 Å². The molecule has 2 aliphatic heterocycles. The summed E-state index contributed by atoms with van der Waals surface area (Å²) < 4.78 is 72.3. The van der Waals surface area contributed by atoms with Crippen LogP contribution in [0.5, 0.6) is 0 Å². The molecular weight excluding hydrogens is 675 g/mol. The summed E-state index contributed by atoms with van der Waals surface area (Å²) in [4.78, 5) is 55.9. The number of nitrogens with one attached hydrogen (secondary N) is 2. The summed E-state index contributed by atoms with van der Waals surface area (Å²) in [6, 6.07) is 5.17. The largest absolute Gasteiger partial charge is 0.469 e. The lowest BCUT2D eigenvalue weighted by Gasteiger charge is -2.24. The number of fused-ring (bicyclic) bond motifs is 8. The van der Waals surface area contributed by atoms with Crippen LogP contribution in [-0.2, 0) is 16.0 Å². The number of ether oxygens (including phenoxy) is 1. The Morgan fingerprint density at radius 3 is 2.20 bits per heavy atom. The lowest BCUT2D eigenvalue weighted by molar-refractivity contribution is -0.311. The van der Waals surface area contributed by atoms with Gasteiger partial charge in [-0.25, -0.2) is 0 Å². The Hall–Kier alpha value is -4.46. The van der Waals surface area contributed by atoms with Gasteiger partial charge in [0.2, 0.25) is 0 Å². The van der Waals surface area contributed by atoms with Gasteiger partial charge in [0.25, 0.3) is 0 Å². The van der Waals surface area contributed by atoms with Gasteiger partial charge in [0.05, 0.1) is 23.8 Å². The van der Waals surface area contributed by atoms with Gasteiger partial charge in [0.1, 0.15) is 6.10 Å². The average Bonchev–Trinajstić information content (AvgIpc) is 3.81. The summed E-state index contributed by atoms with van der Waals surface area (Å²) in [6.07, 6.45) is -9.60. The van der Waals surface area contributed by atoms with Crippen LogP contribution < -0.4 is 0 Å². The smallest absolute Gasteiger partial charge is 0.456 e. The molecule has 14 heteroatoms. The fourth-order valence-electron chi connectivity index (χ4n) is 7.82. The first-order valence-corrected chi connectivity index (χ1v) is 16.9. The third-order valence-corrected chi connectivity index (χ3v) is 10.9. The molecule has 3 aromatic heterocycles. The third-order valence-electron chi connectivity index (χ3n) is 10.9. The van der Waals surface area contributed by atoms with Crippen molar-refractivity contribution in [1.82, 2.24) is 19.9 Å². The van der Waals surface area contributed by atoms with E-state index in [1.165, 1.54) is 14.0 Å². The van der Waals surface area contributed by atoms with E-state index >= 15 is 0 Å². The number of hydrogen-bond acceptors (Lipinski definition) is 7. The van der Waals surface area contributed by atoms with Crippen LogP contribution in [0.25, 0.3) is 22.1 Å². The van der Waals surface area contributed by atoms with Crippen LogP contribution >= 0.6 is 0 Å². The number of aliphatic hydroxyl groups excluding tert-OH is 1. The van der Waals surface area contributed by atoms with Gasteiger partial charge in [-0.15, -0.1) is 0 Å². The molecule has 9 nitrogen and oxygen atoms in total. The van der Waals surface area contributed by atoms with Gasteiger partial charge in [0.15, 0.2) is 11.6 Å². The van der Waals surface area contributed by atoms with E-state index in [1.54, 1.807) is 12.1 Å². The molecule has 0 aromatic carbocycles. The lowest BCUT2D eigenvalue weighted by atomic mass is 9.85. The van der Waals surface area contributed by atoms with Gasteiger partial charge >= 0.3 is 18.1 Å². The molecule has 5 atom stereocenters. The molecule has 51 heavy (non-hydrogen) atoms. The molecule has 1 unspecified atom stereocenters. The molecular formula is C37H39F5N4O5. The van der Waals surface area contributed by atoms with Crippen LogP contribution in [0, 0.1) is 13.8 Å². The van der Waals surface area contributed by atoms with Gasteiger partial charge in [-0.2, -0.15) is 22.0 Å². The summed E-state index contributed by atoms with van der Waals surface area (Å²) in [5.74, 6) is -7.93. The summed E-state index contributed by atoms with van der Waals surface area (Å²) in [5, 5.41) is 9.98. The minimum Gasteiger partial charge on any atom is -0.469 e. The molecule has 3 aliphatic rings. The normalized spacial score (nSPS) is 20.9. The van der Waals surface area contributed by atoms with E-state index in [1.807, 2.05) is 33.8 Å². The maximum absolute atomic E-state index is 14.1. The number of carbonyl (C=O) groups is 3. The standard InChI is InChI=1S/C37H39F5N4O5/c1-7-19-15(2)22-13-27-32(29(48)14-30(49)36(38,39)37(40,41)42)17(4)24(44-27)11-23-16(3)20(8-9-31(50)51-6)34(45-23)21-10-28(47)33-18(5)25(46-35(21)33)12-26(19)43-22/h11-13,15-16,19-20,30,44,46,49H,7-10,14H2,1-6H3/t15-,16+,19-,20+,30?/m1/s1. The van der Waals surface area contributed by atoms with Crippen LogP contribution in [0.4, 0.5) is 22.0 Å². The number of ketones is 2. The number of Topliss-reactive ketones (excluding diaryl/α,β-unsaturated/α-hetero) is 2. The zero-order chi connectivity index (χ0) is 37.3. The number of aromatic amines is 2. The zero-order valence-corrected chi connectivity index (χ0v) is 29.0. The van der Waals surface area contributed by atoms with E-state index in [9.17, 15) is 41.4 Å². The predicted octanol–water partition coefficient (Wildman–Crippen LogP) is 7.94. The van der Waals surface area contributed by atoms with Crippen molar-refractivity contribution in [2.45, 2.75) is 109 Å². The Morgan fingerprint density at radius 1 is 0.941 bits per heavy atom. The number of nitrogens with zero attached hydrogens (tertiary/aromatic N) is 2. The van der Waals surface area contributed by atoms with Crippen molar-refractivity contribution in [3.63, 3.8) is 0 Å². The molecule has 1 aliphatic carbocycles. The van der Waals surface area contributed by atoms with Crippen molar-refractivity contribution in [2.75, 3.05) is 7.11 Å². The number of methoxy groups -OCH3 is 1. The molecule has 5 heterocycles. The second kappa shape index (κ2) is 12.9. The minimum absolute atomic E-state index is 0.0605. The number of H-pyrrole nitrogens is 2. The number of aryl methyl sites for hydroxylation is 2. The topological polar surface area (TPSA) is 138 Å². The van der Waals surface area contributed by atoms with Gasteiger partial charge < -0.3 is 19.8 Å². The van der Waals surface area contributed by atoms with Crippen LogP contribution in [0.2, 0.25) is 0 Å². The van der Waals surface area contributed by atoms with Gasteiger partial charge in [0, 0.05) is 87.7 Å². The Bertz CT molecular complexity index is 2120. The minimum atomic E-state index is -6.06. The molecule has 0 spiro atoms. The molecule has 3 aromatic rings. The first kappa shape index (κ1) is 36.3. The predicted molar refractivity (Wildman–Crippen MR) is 178 cm³/mol. The second-order valence-corrected chi connectivity index (χ2v) is 13.8. The molecule has 0 saturated heterocycles. The number of aromatic nitrogens is 4. The Kier molecular flexibility index (Phi) is 9.22. The highest BCUT2D eigenvalue weighted by atomic mass is 19.4. The molecule has 8 bridgehead atoms. The fraction of sp³-hybridized carbons (Fsp3) is 0.486. The molecule has 6 rings (SSSR count). The van der Waals surface area contributed by atoms with E-state index in [-0.39, 0.29) is 58.9 Å². The van der Waals surface area contributed by atoms with E-state index < -0.39 is 36.4 Å². The van der Waals surface area contributed by atoms with E-state index in [2.05, 4.69) is 9.97 Å². The van der Waals surface area contributed by atoms with E-state index in [4.69, 9.17) is 14.7 Å². The SMILES string of the molecule is CC[C@H]1c2cc3[nH]c4c(c5nc(cc6[nH]c(cc(n2)[C@@H]1C)c(C(=O)CC(O)C(F)(F)C(F)(F)F)c6C)[C@@H](C)[C@@H]5CCC(=O)OC)CC(=O)c4c3C. The van der Waals surface area contributed by atoms with Crippen molar-refractivity contribution in [1.29, 1.82) is 0 Å². The van der Waals surface area contributed by atoms with Crippen molar-refractivity contribution < 1.29 is 46.2 Å². The summed E-state index contributed by atoms with van der Waals surface area (Å²) in [5.41, 5.74) is 6.47. The van der Waals surface area contributed by atoms with Gasteiger partial charge in [-0.3, -0.25) is 24.4 Å². The Balaban J connectivity index is 1.66. The number of hydrogen-bond donors (Lipinski definition) is 3. The van der Waals surface area contributed by atoms with E-state index in [0.29, 0.717) is 63.3 Å². The maximum Gasteiger partial charge on any atom is 0.456 e. The van der Waals surface area contributed by atoms with Crippen LogP contribution in [-0.4, -0.2) is 67.9 Å². The lowest BCUT2D eigenvalue weighted by Crippen LogP contribution is -2.47. The van der Waals surface area contributed by atoms with Crippen molar-refractivity contribution >= 4 is 39.6 Å². The zero-order valence-electron chi connectivity index (χ0n) is 29.0. The highest BCUT2D eigenvalue weighted by molar-refractivity contribution is 6.13. The van der Waals surface area contributed by atoms with Crippen LogP contribution in [0.1, 0.15) is 130 Å². The second-order valence-electron chi connectivity index (χ2n) is 13.8. The number of rotatable bonds is 8. The monoisotopic (exact) mass is 714 g/mol. The molecule has 0 saturated carbocycles. The quantitative estimate of drug-likeness (QED) is 0.122. The molecule has 272 valence electrons. The number of esters is 1. The third kappa shape index (κ3) is 6.04. The van der Waals surface area contributed by atoms with Crippen molar-refractivity contribution in [3.8, 4) is 0 Å². The van der Waals surface area contributed by atoms with Gasteiger partial charge in [-0.1, -0.05) is 20.8 Å². The molecule has 3 N–H and O–H groups in total. The Morgan fingerprint density at radius 2 is 1.55 bits per heavy atom. The number of carbonyl (C=O) groups excluding carboxylic acids is 3. The van der Waals surface area contributed by atoms with Crippen LogP contribution in [0.15, 0.2) is 18.2 Å². The first-order valence-electron chi connectivity index (χ1n) is 16.9. The summed E-state index contributed by atoms with van der Waals surface area (Å²) >= 11 is 0. The van der Waals surface area contributed by atoms with Gasteiger partial charge in [-0.05, 0) is 56.0 Å². The van der Waals surface area contributed by atoms with E-state index in [0.717, 1.165) is 5.56 Å². The molecule has 0 radical (unpaired) electrons. The number of alkyl halides is 5. The van der Waals surface area contributed by atoms with Crippen molar-refractivity contribution in [2.24, 2.45) is 0 Å². The highest BCUT2D eigenvalue weighted by Gasteiger charge is 2.62.